The Morgan fingerprint density at radius 3 is 1.91 bits per heavy atom. The molecule has 2 atom stereocenters. The van der Waals surface area contributed by atoms with Crippen LogP contribution in [0.5, 0.6) is 0 Å². The number of likely N-dealkylation sites (N-methyl/N-ethyl adjacent to an activating group) is 1. The SMILES string of the molecule is CCCCCCCCCCCC/C=C/CCCCCCC1=NCC[N+]1(CC)C(C)NC(C)=O. The van der Waals surface area contributed by atoms with Gasteiger partial charge in [0, 0.05) is 20.3 Å². The first kappa shape index (κ1) is 29.9. The van der Waals surface area contributed by atoms with Crippen molar-refractivity contribution in [1.82, 2.24) is 5.32 Å². The first-order chi connectivity index (χ1) is 16.1. The minimum absolute atomic E-state index is 0.0564. The molecule has 1 N–H and O–H groups in total. The molecule has 0 saturated carbocycles. The highest BCUT2D eigenvalue weighted by Crippen LogP contribution is 2.23. The van der Waals surface area contributed by atoms with Crippen molar-refractivity contribution in [2.45, 2.75) is 143 Å². The zero-order valence-electron chi connectivity index (χ0n) is 22.7. The van der Waals surface area contributed by atoms with E-state index in [1.54, 1.807) is 6.92 Å². The number of hydrogen-bond donors (Lipinski definition) is 1. The lowest BCUT2D eigenvalue weighted by molar-refractivity contribution is -0.861. The molecule has 0 aliphatic carbocycles. The maximum absolute atomic E-state index is 11.5. The van der Waals surface area contributed by atoms with E-state index in [9.17, 15) is 4.79 Å². The lowest BCUT2D eigenvalue weighted by atomic mass is 10.1. The first-order valence-corrected chi connectivity index (χ1v) is 14.4. The normalized spacial score (nSPS) is 19.2. The van der Waals surface area contributed by atoms with Crippen LogP contribution in [-0.2, 0) is 4.79 Å². The number of carbonyl (C=O) groups excluding carboxylic acids is 1. The van der Waals surface area contributed by atoms with Gasteiger partial charge in [0.05, 0.1) is 13.1 Å². The second-order valence-electron chi connectivity index (χ2n) is 10.1. The van der Waals surface area contributed by atoms with Gasteiger partial charge < -0.3 is 5.32 Å². The number of aliphatic imine (C=N–C) groups is 1. The molecule has 0 bridgehead atoms. The van der Waals surface area contributed by atoms with Crippen LogP contribution in [0.15, 0.2) is 17.1 Å². The number of hydrogen-bond acceptors (Lipinski definition) is 2. The van der Waals surface area contributed by atoms with Crippen molar-refractivity contribution in [3.8, 4) is 0 Å². The monoisotopic (exact) mass is 462 g/mol. The maximum atomic E-state index is 11.5. The van der Waals surface area contributed by atoms with Gasteiger partial charge in [-0.3, -0.25) is 9.28 Å². The van der Waals surface area contributed by atoms with E-state index in [0.29, 0.717) is 0 Å². The molecule has 0 radical (unpaired) electrons. The molecule has 4 heteroatoms. The van der Waals surface area contributed by atoms with Crippen LogP contribution < -0.4 is 5.32 Å². The predicted molar refractivity (Wildman–Crippen MR) is 145 cm³/mol. The van der Waals surface area contributed by atoms with E-state index in [0.717, 1.165) is 30.5 Å². The summed E-state index contributed by atoms with van der Waals surface area (Å²) in [4.78, 5) is 16.4. The number of rotatable bonds is 21. The van der Waals surface area contributed by atoms with Crippen LogP contribution in [0.2, 0.25) is 0 Å². The number of carbonyl (C=O) groups is 1. The molecule has 1 rings (SSSR count). The van der Waals surface area contributed by atoms with Crippen LogP contribution in [-0.4, -0.2) is 42.0 Å². The van der Waals surface area contributed by atoms with E-state index in [1.807, 2.05) is 0 Å². The Balaban J connectivity index is 2.00. The minimum Gasteiger partial charge on any atom is -0.307 e. The van der Waals surface area contributed by atoms with E-state index >= 15 is 0 Å². The second-order valence-corrected chi connectivity index (χ2v) is 10.1. The van der Waals surface area contributed by atoms with Gasteiger partial charge in [-0.25, -0.2) is 4.99 Å². The van der Waals surface area contributed by atoms with Crippen molar-refractivity contribution >= 4 is 11.7 Å². The van der Waals surface area contributed by atoms with Gasteiger partial charge in [-0.2, -0.15) is 0 Å². The molecule has 1 heterocycles. The molecule has 4 nitrogen and oxygen atoms in total. The van der Waals surface area contributed by atoms with Gasteiger partial charge in [-0.1, -0.05) is 89.7 Å². The number of quaternary nitrogens is 1. The zero-order valence-corrected chi connectivity index (χ0v) is 22.7. The highest BCUT2D eigenvalue weighted by atomic mass is 16.1. The van der Waals surface area contributed by atoms with Crippen LogP contribution in [0.4, 0.5) is 0 Å². The molecular weight excluding hydrogens is 406 g/mol. The Morgan fingerprint density at radius 2 is 1.39 bits per heavy atom. The standard InChI is InChI=1S/C29H55N3O/c1-5-7-8-9-10-11-12-13-14-15-16-17-18-19-20-21-22-23-24-29-30-25-26-32(29,6-2)27(3)31-28(4)33/h17-18,27H,5-16,19-26H2,1-4H3/p+1/b18-17+. The van der Waals surface area contributed by atoms with Crippen LogP contribution in [0, 0.1) is 0 Å². The van der Waals surface area contributed by atoms with Crippen molar-refractivity contribution in [2.24, 2.45) is 4.99 Å². The fourth-order valence-corrected chi connectivity index (χ4v) is 5.26. The highest BCUT2D eigenvalue weighted by molar-refractivity contribution is 5.78. The summed E-state index contributed by atoms with van der Waals surface area (Å²) in [6.07, 6.45) is 27.8. The van der Waals surface area contributed by atoms with E-state index in [2.05, 4.69) is 38.2 Å². The summed E-state index contributed by atoms with van der Waals surface area (Å²) in [7, 11) is 0. The zero-order chi connectivity index (χ0) is 24.2. The largest absolute Gasteiger partial charge is 0.307 e. The molecule has 1 aliphatic heterocycles. The Hall–Kier alpha value is -1.16. The quantitative estimate of drug-likeness (QED) is 0.105. The number of amidine groups is 1. The van der Waals surface area contributed by atoms with E-state index in [1.165, 1.54) is 109 Å². The fraction of sp³-hybridized carbons (Fsp3) is 0.862. The van der Waals surface area contributed by atoms with E-state index in [-0.39, 0.29) is 12.1 Å². The molecule has 192 valence electrons. The Kier molecular flexibility index (Phi) is 17.4. The summed E-state index contributed by atoms with van der Waals surface area (Å²) in [5, 5.41) is 3.11. The van der Waals surface area contributed by atoms with Gasteiger partial charge >= 0.3 is 0 Å². The molecule has 0 spiro atoms. The summed E-state index contributed by atoms with van der Waals surface area (Å²) in [6, 6.07) is 0. The molecule has 0 aromatic rings. The summed E-state index contributed by atoms with van der Waals surface area (Å²) < 4.78 is 0.848. The van der Waals surface area contributed by atoms with Crippen molar-refractivity contribution in [3.05, 3.63) is 12.2 Å². The van der Waals surface area contributed by atoms with Crippen molar-refractivity contribution < 1.29 is 9.28 Å². The molecule has 0 saturated heterocycles. The number of unbranched alkanes of at least 4 members (excludes halogenated alkanes) is 14. The average Bonchev–Trinajstić information content (AvgIpc) is 3.22. The summed E-state index contributed by atoms with van der Waals surface area (Å²) in [5.74, 6) is 1.36. The van der Waals surface area contributed by atoms with Gasteiger partial charge in [0.15, 0.2) is 12.0 Å². The van der Waals surface area contributed by atoms with E-state index in [4.69, 9.17) is 4.99 Å². The van der Waals surface area contributed by atoms with Gasteiger partial charge in [0.2, 0.25) is 5.91 Å². The number of allylic oxidation sites excluding steroid dienone is 2. The molecule has 0 aromatic carbocycles. The fourth-order valence-electron chi connectivity index (χ4n) is 5.26. The third kappa shape index (κ3) is 12.8. The van der Waals surface area contributed by atoms with Crippen LogP contribution in [0.3, 0.4) is 0 Å². The van der Waals surface area contributed by atoms with E-state index < -0.39 is 0 Å². The third-order valence-corrected chi connectivity index (χ3v) is 7.44. The maximum Gasteiger partial charge on any atom is 0.221 e. The first-order valence-electron chi connectivity index (χ1n) is 14.4. The average molecular weight is 463 g/mol. The second kappa shape index (κ2) is 19.2. The molecule has 0 fully saturated rings. The summed E-state index contributed by atoms with van der Waals surface area (Å²) >= 11 is 0. The molecular formula is C29H56N3O+. The predicted octanol–water partition coefficient (Wildman–Crippen LogP) is 7.93. The Morgan fingerprint density at radius 1 is 0.879 bits per heavy atom. The van der Waals surface area contributed by atoms with Gasteiger partial charge in [0.25, 0.3) is 0 Å². The summed E-state index contributed by atoms with van der Waals surface area (Å²) in [6.45, 7) is 11.2. The molecule has 0 aromatic heterocycles. The van der Waals surface area contributed by atoms with Crippen molar-refractivity contribution in [1.29, 1.82) is 0 Å². The number of amides is 1. The van der Waals surface area contributed by atoms with Gasteiger partial charge in [-0.15, -0.1) is 0 Å². The minimum atomic E-state index is 0.0564. The topological polar surface area (TPSA) is 41.5 Å². The molecule has 1 amide bonds. The summed E-state index contributed by atoms with van der Waals surface area (Å²) in [5.41, 5.74) is 0. The Labute approximate surface area is 206 Å². The van der Waals surface area contributed by atoms with Crippen LogP contribution in [0.1, 0.15) is 137 Å². The number of nitrogens with zero attached hydrogens (tertiary/aromatic N) is 2. The smallest absolute Gasteiger partial charge is 0.221 e. The van der Waals surface area contributed by atoms with Crippen LogP contribution in [0.25, 0.3) is 0 Å². The number of nitrogens with one attached hydrogen (secondary N) is 1. The Bertz CT molecular complexity index is 557. The van der Waals surface area contributed by atoms with Gasteiger partial charge in [0.1, 0.15) is 6.54 Å². The third-order valence-electron chi connectivity index (χ3n) is 7.44. The van der Waals surface area contributed by atoms with Crippen molar-refractivity contribution in [2.75, 3.05) is 19.6 Å². The van der Waals surface area contributed by atoms with Crippen LogP contribution >= 0.6 is 0 Å². The molecule has 1 aliphatic rings. The molecule has 33 heavy (non-hydrogen) atoms. The highest BCUT2D eigenvalue weighted by Gasteiger charge is 2.41. The lowest BCUT2D eigenvalue weighted by Crippen LogP contribution is -2.62. The van der Waals surface area contributed by atoms with Gasteiger partial charge in [-0.05, 0) is 39.0 Å². The lowest BCUT2D eigenvalue weighted by Gasteiger charge is -2.39. The molecule has 2 unspecified atom stereocenters. The van der Waals surface area contributed by atoms with Crippen molar-refractivity contribution in [3.63, 3.8) is 0 Å².